The SMILES string of the molecule is CCCc1n[nH]c(=S)n1CC(=O)NC1c2ccccc2CCC1C. The quantitative estimate of drug-likeness (QED) is 0.818. The van der Waals surface area contributed by atoms with Crippen LogP contribution < -0.4 is 5.32 Å². The second-order valence-corrected chi connectivity index (χ2v) is 6.93. The molecule has 0 saturated heterocycles. The Balaban J connectivity index is 1.76. The molecular formula is C18H24N4OS. The Morgan fingerprint density at radius 2 is 2.25 bits per heavy atom. The molecule has 2 N–H and O–H groups in total. The first-order valence-electron chi connectivity index (χ1n) is 8.61. The minimum atomic E-state index is -0.0154. The molecule has 1 aromatic carbocycles. The summed E-state index contributed by atoms with van der Waals surface area (Å²) in [6.07, 6.45) is 3.95. The van der Waals surface area contributed by atoms with E-state index < -0.39 is 0 Å². The van der Waals surface area contributed by atoms with Crippen molar-refractivity contribution in [2.45, 2.75) is 52.1 Å². The number of hydrogen-bond acceptors (Lipinski definition) is 3. The first-order chi connectivity index (χ1) is 11.6. The fourth-order valence-corrected chi connectivity index (χ4v) is 3.65. The molecule has 1 aliphatic carbocycles. The van der Waals surface area contributed by atoms with Crippen molar-refractivity contribution >= 4 is 18.1 Å². The van der Waals surface area contributed by atoms with Crippen molar-refractivity contribution in [1.29, 1.82) is 0 Å². The molecule has 0 fully saturated rings. The van der Waals surface area contributed by atoms with E-state index >= 15 is 0 Å². The predicted molar refractivity (Wildman–Crippen MR) is 96.2 cm³/mol. The van der Waals surface area contributed by atoms with E-state index in [9.17, 15) is 4.79 Å². The smallest absolute Gasteiger partial charge is 0.240 e. The lowest BCUT2D eigenvalue weighted by Gasteiger charge is -2.32. The molecule has 128 valence electrons. The molecule has 0 aliphatic heterocycles. The largest absolute Gasteiger partial charge is 0.347 e. The number of benzene rings is 1. The van der Waals surface area contributed by atoms with Gasteiger partial charge in [-0.2, -0.15) is 5.10 Å². The molecule has 3 rings (SSSR count). The van der Waals surface area contributed by atoms with E-state index in [0.29, 0.717) is 10.7 Å². The van der Waals surface area contributed by atoms with Crippen LogP contribution in [0.2, 0.25) is 0 Å². The molecule has 0 radical (unpaired) electrons. The first kappa shape index (κ1) is 16.9. The average Bonchev–Trinajstić information content (AvgIpc) is 2.91. The summed E-state index contributed by atoms with van der Waals surface area (Å²) in [7, 11) is 0. The number of nitrogens with one attached hydrogen (secondary N) is 2. The van der Waals surface area contributed by atoms with Gasteiger partial charge in [-0.15, -0.1) is 0 Å². The number of fused-ring (bicyclic) bond motifs is 1. The summed E-state index contributed by atoms with van der Waals surface area (Å²) < 4.78 is 2.30. The van der Waals surface area contributed by atoms with E-state index in [4.69, 9.17) is 12.2 Å². The third kappa shape index (κ3) is 3.43. The lowest BCUT2D eigenvalue weighted by molar-refractivity contribution is -0.122. The Morgan fingerprint density at radius 3 is 3.04 bits per heavy atom. The number of rotatable bonds is 5. The van der Waals surface area contributed by atoms with Gasteiger partial charge in [-0.05, 0) is 48.5 Å². The van der Waals surface area contributed by atoms with E-state index in [1.54, 1.807) is 4.57 Å². The maximum absolute atomic E-state index is 12.6. The van der Waals surface area contributed by atoms with Gasteiger partial charge >= 0.3 is 0 Å². The Kier molecular flexibility index (Phi) is 5.14. The van der Waals surface area contributed by atoms with Crippen molar-refractivity contribution in [2.75, 3.05) is 0 Å². The first-order valence-corrected chi connectivity index (χ1v) is 9.02. The van der Waals surface area contributed by atoms with Gasteiger partial charge in [-0.3, -0.25) is 14.5 Å². The minimum absolute atomic E-state index is 0.0154. The van der Waals surface area contributed by atoms with Gasteiger partial charge in [0, 0.05) is 6.42 Å². The second-order valence-electron chi connectivity index (χ2n) is 6.54. The number of aryl methyl sites for hydroxylation is 2. The molecule has 1 heterocycles. The summed E-state index contributed by atoms with van der Waals surface area (Å²) in [4.78, 5) is 12.6. The molecule has 0 bridgehead atoms. The van der Waals surface area contributed by atoms with Crippen LogP contribution in [0.1, 0.15) is 49.7 Å². The van der Waals surface area contributed by atoms with Crippen LogP contribution in [0.5, 0.6) is 0 Å². The van der Waals surface area contributed by atoms with Gasteiger partial charge in [0.25, 0.3) is 0 Å². The molecule has 1 aromatic heterocycles. The Bertz CT molecular complexity index is 779. The molecule has 6 heteroatoms. The van der Waals surface area contributed by atoms with Gasteiger partial charge in [-0.25, -0.2) is 0 Å². The number of carbonyl (C=O) groups is 1. The molecule has 2 atom stereocenters. The number of aromatic nitrogens is 3. The summed E-state index contributed by atoms with van der Waals surface area (Å²) in [6.45, 7) is 4.51. The number of H-pyrrole nitrogens is 1. The maximum atomic E-state index is 12.6. The molecule has 24 heavy (non-hydrogen) atoms. The highest BCUT2D eigenvalue weighted by molar-refractivity contribution is 7.71. The molecule has 1 aliphatic rings. The predicted octanol–water partition coefficient (Wildman–Crippen LogP) is 3.33. The van der Waals surface area contributed by atoms with Crippen molar-refractivity contribution in [3.8, 4) is 0 Å². The van der Waals surface area contributed by atoms with Crippen LogP contribution in [0.25, 0.3) is 0 Å². The molecule has 5 nitrogen and oxygen atoms in total. The normalized spacial score (nSPS) is 19.8. The van der Waals surface area contributed by atoms with Crippen LogP contribution in [0.4, 0.5) is 0 Å². The van der Waals surface area contributed by atoms with Crippen molar-refractivity contribution in [3.63, 3.8) is 0 Å². The van der Waals surface area contributed by atoms with Gasteiger partial charge in [0.1, 0.15) is 12.4 Å². The van der Waals surface area contributed by atoms with Crippen LogP contribution in [0.15, 0.2) is 24.3 Å². The lowest BCUT2D eigenvalue weighted by Crippen LogP contribution is -2.37. The van der Waals surface area contributed by atoms with Gasteiger partial charge in [-0.1, -0.05) is 38.1 Å². The summed E-state index contributed by atoms with van der Waals surface area (Å²) in [5.74, 6) is 1.25. The van der Waals surface area contributed by atoms with E-state index in [-0.39, 0.29) is 18.5 Å². The summed E-state index contributed by atoms with van der Waals surface area (Å²) in [5.41, 5.74) is 2.58. The Morgan fingerprint density at radius 1 is 1.46 bits per heavy atom. The fourth-order valence-electron chi connectivity index (χ4n) is 3.43. The van der Waals surface area contributed by atoms with Gasteiger partial charge in [0.05, 0.1) is 6.04 Å². The third-order valence-electron chi connectivity index (χ3n) is 4.76. The fraction of sp³-hybridized carbons (Fsp3) is 0.500. The van der Waals surface area contributed by atoms with Crippen molar-refractivity contribution in [3.05, 3.63) is 46.0 Å². The van der Waals surface area contributed by atoms with Crippen molar-refractivity contribution < 1.29 is 4.79 Å². The molecule has 2 aromatic rings. The van der Waals surface area contributed by atoms with Crippen LogP contribution in [-0.4, -0.2) is 20.7 Å². The number of carbonyl (C=O) groups excluding carboxylic acids is 1. The standard InChI is InChI=1S/C18H24N4OS/c1-3-6-15-20-21-18(24)22(15)11-16(23)19-17-12(2)9-10-13-7-4-5-8-14(13)17/h4-5,7-8,12,17H,3,6,9-11H2,1-2H3,(H,19,23)(H,21,24). The highest BCUT2D eigenvalue weighted by Gasteiger charge is 2.27. The molecule has 1 amide bonds. The van der Waals surface area contributed by atoms with E-state index in [2.05, 4.69) is 47.6 Å². The van der Waals surface area contributed by atoms with Crippen LogP contribution in [0.3, 0.4) is 0 Å². The molecular weight excluding hydrogens is 320 g/mol. The molecule has 2 unspecified atom stereocenters. The van der Waals surface area contributed by atoms with Crippen LogP contribution >= 0.6 is 12.2 Å². The summed E-state index contributed by atoms with van der Waals surface area (Å²) in [6, 6.07) is 8.46. The number of hydrogen-bond donors (Lipinski definition) is 2. The zero-order valence-electron chi connectivity index (χ0n) is 14.2. The van der Waals surface area contributed by atoms with Gasteiger partial charge in [0.15, 0.2) is 4.77 Å². The topological polar surface area (TPSA) is 62.7 Å². The number of amides is 1. The van der Waals surface area contributed by atoms with Crippen LogP contribution in [0, 0.1) is 10.7 Å². The monoisotopic (exact) mass is 344 g/mol. The zero-order valence-corrected chi connectivity index (χ0v) is 15.0. The van der Waals surface area contributed by atoms with Gasteiger partial charge < -0.3 is 5.32 Å². The Hall–Kier alpha value is -1.95. The summed E-state index contributed by atoms with van der Waals surface area (Å²) in [5, 5.41) is 10.2. The van der Waals surface area contributed by atoms with Crippen molar-refractivity contribution in [2.24, 2.45) is 5.92 Å². The Labute approximate surface area is 147 Å². The van der Waals surface area contributed by atoms with E-state index in [0.717, 1.165) is 31.5 Å². The molecule has 0 spiro atoms. The van der Waals surface area contributed by atoms with E-state index in [1.165, 1.54) is 11.1 Å². The maximum Gasteiger partial charge on any atom is 0.240 e. The van der Waals surface area contributed by atoms with Gasteiger partial charge in [0.2, 0.25) is 5.91 Å². The molecule has 0 saturated carbocycles. The zero-order chi connectivity index (χ0) is 17.1. The number of aromatic amines is 1. The summed E-state index contributed by atoms with van der Waals surface area (Å²) >= 11 is 5.26. The van der Waals surface area contributed by atoms with Crippen molar-refractivity contribution in [1.82, 2.24) is 20.1 Å². The average molecular weight is 344 g/mol. The highest BCUT2D eigenvalue weighted by Crippen LogP contribution is 2.33. The van der Waals surface area contributed by atoms with Crippen LogP contribution in [-0.2, 0) is 24.2 Å². The lowest BCUT2D eigenvalue weighted by atomic mass is 9.80. The minimum Gasteiger partial charge on any atom is -0.347 e. The number of nitrogens with zero attached hydrogens (tertiary/aromatic N) is 2. The van der Waals surface area contributed by atoms with E-state index in [1.807, 2.05) is 6.07 Å². The third-order valence-corrected chi connectivity index (χ3v) is 5.07. The second kappa shape index (κ2) is 7.30. The highest BCUT2D eigenvalue weighted by atomic mass is 32.1.